The van der Waals surface area contributed by atoms with Crippen LogP contribution in [0.5, 0.6) is 17.2 Å². The SMILES string of the molecule is COc1c(C)cc(Oc2c(C)cc(C)cc2C)cc1Cn1cc[n+](C)c1C. The molecule has 0 aliphatic carbocycles. The molecule has 0 fully saturated rings. The van der Waals surface area contributed by atoms with Gasteiger partial charge in [0.1, 0.15) is 36.2 Å². The van der Waals surface area contributed by atoms with Crippen LogP contribution in [-0.2, 0) is 13.6 Å². The number of benzene rings is 2. The Kier molecular flexibility index (Phi) is 5.26. The fourth-order valence-electron chi connectivity index (χ4n) is 3.67. The Morgan fingerprint density at radius 3 is 2.07 bits per heavy atom. The Bertz CT molecular complexity index is 963. The molecule has 0 radical (unpaired) electrons. The molecule has 0 N–H and O–H groups in total. The quantitative estimate of drug-likeness (QED) is 0.613. The van der Waals surface area contributed by atoms with E-state index in [1.54, 1.807) is 7.11 Å². The van der Waals surface area contributed by atoms with Crippen LogP contribution in [0.4, 0.5) is 0 Å². The highest BCUT2D eigenvalue weighted by atomic mass is 16.5. The number of hydrogen-bond donors (Lipinski definition) is 0. The van der Waals surface area contributed by atoms with Gasteiger partial charge in [-0.2, -0.15) is 0 Å². The van der Waals surface area contributed by atoms with Crippen LogP contribution < -0.4 is 14.0 Å². The highest BCUT2D eigenvalue weighted by Gasteiger charge is 2.17. The summed E-state index contributed by atoms with van der Waals surface area (Å²) >= 11 is 0. The standard InChI is InChI=1S/C23H29N2O2/c1-15-10-16(2)22(17(3)11-15)27-21-12-18(4)23(26-7)20(13-21)14-25-9-8-24(6)19(25)5/h8-13H,14H2,1-7H3/q+1. The van der Waals surface area contributed by atoms with E-state index in [1.807, 2.05) is 6.07 Å². The number of aryl methyl sites for hydroxylation is 5. The van der Waals surface area contributed by atoms with E-state index in [1.165, 1.54) is 11.4 Å². The Balaban J connectivity index is 2.01. The van der Waals surface area contributed by atoms with Gasteiger partial charge in [0.2, 0.25) is 0 Å². The normalized spacial score (nSPS) is 10.9. The topological polar surface area (TPSA) is 27.3 Å². The molecular weight excluding hydrogens is 336 g/mol. The monoisotopic (exact) mass is 365 g/mol. The van der Waals surface area contributed by atoms with E-state index in [4.69, 9.17) is 9.47 Å². The largest absolute Gasteiger partial charge is 0.496 e. The summed E-state index contributed by atoms with van der Waals surface area (Å²) in [7, 11) is 3.78. The zero-order valence-electron chi connectivity index (χ0n) is 17.4. The Hall–Kier alpha value is -2.75. The lowest BCUT2D eigenvalue weighted by Crippen LogP contribution is -2.29. The van der Waals surface area contributed by atoms with Crippen LogP contribution in [0.3, 0.4) is 0 Å². The van der Waals surface area contributed by atoms with Crippen molar-refractivity contribution in [2.45, 2.75) is 41.2 Å². The molecule has 0 unspecified atom stereocenters. The summed E-state index contributed by atoms with van der Waals surface area (Å²) in [6.45, 7) is 11.2. The number of hydrogen-bond acceptors (Lipinski definition) is 2. The number of ether oxygens (including phenoxy) is 2. The number of nitrogens with zero attached hydrogens (tertiary/aromatic N) is 2. The van der Waals surface area contributed by atoms with Gasteiger partial charge in [-0.15, -0.1) is 0 Å². The second-order valence-corrected chi connectivity index (χ2v) is 7.35. The fraction of sp³-hybridized carbons (Fsp3) is 0.348. The molecule has 4 nitrogen and oxygen atoms in total. The lowest BCUT2D eigenvalue weighted by Gasteiger charge is -2.16. The van der Waals surface area contributed by atoms with Crippen LogP contribution in [-0.4, -0.2) is 11.7 Å². The molecule has 0 spiro atoms. The number of rotatable bonds is 5. The van der Waals surface area contributed by atoms with Gasteiger partial charge < -0.3 is 9.47 Å². The summed E-state index contributed by atoms with van der Waals surface area (Å²) in [5, 5.41) is 0. The third kappa shape index (κ3) is 3.85. The molecule has 0 aliphatic heterocycles. The molecule has 0 saturated carbocycles. The van der Waals surface area contributed by atoms with E-state index < -0.39 is 0 Å². The van der Waals surface area contributed by atoms with Crippen LogP contribution in [0.15, 0.2) is 36.7 Å². The van der Waals surface area contributed by atoms with Gasteiger partial charge in [0, 0.05) is 12.5 Å². The van der Waals surface area contributed by atoms with Gasteiger partial charge in [-0.3, -0.25) is 0 Å². The van der Waals surface area contributed by atoms with Crippen molar-refractivity contribution in [3.05, 3.63) is 70.3 Å². The molecule has 0 amide bonds. The molecule has 2 aromatic carbocycles. The van der Waals surface area contributed by atoms with E-state index in [0.29, 0.717) is 0 Å². The highest BCUT2D eigenvalue weighted by molar-refractivity contribution is 5.50. The predicted octanol–water partition coefficient (Wildman–Crippen LogP) is 4.70. The van der Waals surface area contributed by atoms with E-state index >= 15 is 0 Å². The van der Waals surface area contributed by atoms with Gasteiger partial charge in [-0.1, -0.05) is 17.7 Å². The van der Waals surface area contributed by atoms with Crippen molar-refractivity contribution in [3.63, 3.8) is 0 Å². The minimum Gasteiger partial charge on any atom is -0.496 e. The molecule has 142 valence electrons. The second kappa shape index (κ2) is 7.47. The number of imidazole rings is 1. The summed E-state index contributed by atoms with van der Waals surface area (Å²) in [6, 6.07) is 8.44. The third-order valence-corrected chi connectivity index (χ3v) is 5.09. The average molecular weight is 365 g/mol. The first-order chi connectivity index (χ1) is 12.8. The number of methoxy groups -OCH3 is 1. The molecule has 1 heterocycles. The molecule has 3 aromatic rings. The first-order valence-electron chi connectivity index (χ1n) is 9.24. The van der Waals surface area contributed by atoms with Crippen LogP contribution >= 0.6 is 0 Å². The molecule has 0 aliphatic rings. The first kappa shape index (κ1) is 19.0. The van der Waals surface area contributed by atoms with Crippen molar-refractivity contribution in [3.8, 4) is 17.2 Å². The predicted molar refractivity (Wildman–Crippen MR) is 108 cm³/mol. The van der Waals surface area contributed by atoms with Gasteiger partial charge >= 0.3 is 0 Å². The van der Waals surface area contributed by atoms with Crippen LogP contribution in [0.2, 0.25) is 0 Å². The van der Waals surface area contributed by atoms with Crippen LogP contribution in [0.1, 0.15) is 33.6 Å². The first-order valence-corrected chi connectivity index (χ1v) is 9.24. The Morgan fingerprint density at radius 2 is 1.52 bits per heavy atom. The molecule has 0 saturated heterocycles. The van der Waals surface area contributed by atoms with Gasteiger partial charge in [0.15, 0.2) is 0 Å². The Morgan fingerprint density at radius 1 is 0.889 bits per heavy atom. The zero-order chi connectivity index (χ0) is 19.7. The van der Waals surface area contributed by atoms with Crippen molar-refractivity contribution in [2.24, 2.45) is 7.05 Å². The van der Waals surface area contributed by atoms with E-state index in [-0.39, 0.29) is 0 Å². The van der Waals surface area contributed by atoms with E-state index in [0.717, 1.165) is 46.0 Å². The Labute approximate surface area is 162 Å². The summed E-state index contributed by atoms with van der Waals surface area (Å²) in [5.74, 6) is 3.87. The minimum atomic E-state index is 0.736. The molecule has 1 aromatic heterocycles. The lowest BCUT2D eigenvalue weighted by molar-refractivity contribution is -0.677. The summed E-state index contributed by atoms with van der Waals surface area (Å²) in [6.07, 6.45) is 4.15. The van der Waals surface area contributed by atoms with Crippen molar-refractivity contribution < 1.29 is 14.0 Å². The number of aromatic nitrogens is 2. The maximum atomic E-state index is 6.32. The van der Waals surface area contributed by atoms with Crippen molar-refractivity contribution in [2.75, 3.05) is 7.11 Å². The molecule has 4 heteroatoms. The molecule has 27 heavy (non-hydrogen) atoms. The molecule has 0 bridgehead atoms. The van der Waals surface area contributed by atoms with Gasteiger partial charge in [0.25, 0.3) is 5.82 Å². The van der Waals surface area contributed by atoms with Gasteiger partial charge in [-0.05, 0) is 56.5 Å². The van der Waals surface area contributed by atoms with Crippen molar-refractivity contribution in [1.82, 2.24) is 4.57 Å². The van der Waals surface area contributed by atoms with E-state index in [9.17, 15) is 0 Å². The molecular formula is C23H29N2O2+. The average Bonchev–Trinajstić information content (AvgIpc) is 2.90. The maximum absolute atomic E-state index is 6.32. The van der Waals surface area contributed by atoms with E-state index in [2.05, 4.69) is 81.4 Å². The molecule has 0 atom stereocenters. The lowest BCUT2D eigenvalue weighted by atomic mass is 10.1. The zero-order valence-corrected chi connectivity index (χ0v) is 17.4. The van der Waals surface area contributed by atoms with Gasteiger partial charge in [0.05, 0.1) is 14.2 Å². The van der Waals surface area contributed by atoms with Crippen LogP contribution in [0.25, 0.3) is 0 Å². The van der Waals surface area contributed by atoms with Gasteiger partial charge in [-0.25, -0.2) is 9.13 Å². The second-order valence-electron chi connectivity index (χ2n) is 7.35. The van der Waals surface area contributed by atoms with Crippen molar-refractivity contribution in [1.29, 1.82) is 0 Å². The van der Waals surface area contributed by atoms with Crippen LogP contribution in [0, 0.1) is 34.6 Å². The summed E-state index contributed by atoms with van der Waals surface area (Å²) in [5.41, 5.74) is 5.72. The van der Waals surface area contributed by atoms with Crippen molar-refractivity contribution >= 4 is 0 Å². The fourth-order valence-corrected chi connectivity index (χ4v) is 3.67. The smallest absolute Gasteiger partial charge is 0.253 e. The maximum Gasteiger partial charge on any atom is 0.253 e. The highest BCUT2D eigenvalue weighted by Crippen LogP contribution is 2.35. The minimum absolute atomic E-state index is 0.736. The summed E-state index contributed by atoms with van der Waals surface area (Å²) < 4.78 is 16.3. The summed E-state index contributed by atoms with van der Waals surface area (Å²) in [4.78, 5) is 0. The third-order valence-electron chi connectivity index (χ3n) is 5.09. The molecule has 3 rings (SSSR count).